The number of rotatable bonds is 4. The standard InChI is InChI=1S/C19H19N5O/c1-12(2)24-11-20-23-19(24)16-7-4-8-18(22-16)21-15-6-3-5-14-13(15)9-10-17(14)25/h3-8,11-12H,9-10H2,1-2H3,(H,21,22). The lowest BCUT2D eigenvalue weighted by Crippen LogP contribution is -2.04. The van der Waals surface area contributed by atoms with Crippen LogP contribution < -0.4 is 5.32 Å². The van der Waals surface area contributed by atoms with E-state index in [0.717, 1.165) is 40.6 Å². The summed E-state index contributed by atoms with van der Waals surface area (Å²) in [6.45, 7) is 4.17. The highest BCUT2D eigenvalue weighted by Gasteiger charge is 2.22. The minimum absolute atomic E-state index is 0.213. The fraction of sp³-hybridized carbons (Fsp3) is 0.263. The molecule has 0 saturated carbocycles. The van der Waals surface area contributed by atoms with Gasteiger partial charge in [-0.15, -0.1) is 10.2 Å². The molecule has 3 aromatic rings. The van der Waals surface area contributed by atoms with Gasteiger partial charge in [-0.2, -0.15) is 0 Å². The third-order valence-corrected chi connectivity index (χ3v) is 4.45. The summed E-state index contributed by atoms with van der Waals surface area (Å²) in [5.74, 6) is 1.68. The average Bonchev–Trinajstić information content (AvgIpc) is 3.23. The first-order valence-corrected chi connectivity index (χ1v) is 8.42. The second kappa shape index (κ2) is 6.12. The minimum atomic E-state index is 0.213. The molecule has 1 N–H and O–H groups in total. The second-order valence-corrected chi connectivity index (χ2v) is 6.44. The molecule has 1 aliphatic rings. The highest BCUT2D eigenvalue weighted by molar-refractivity contribution is 6.02. The van der Waals surface area contributed by atoms with E-state index in [0.29, 0.717) is 6.42 Å². The number of ketones is 1. The van der Waals surface area contributed by atoms with Crippen molar-refractivity contribution in [3.05, 3.63) is 53.9 Å². The van der Waals surface area contributed by atoms with Gasteiger partial charge in [0, 0.05) is 23.7 Å². The summed E-state index contributed by atoms with van der Waals surface area (Å²) in [6.07, 6.45) is 3.08. The number of hydrogen-bond donors (Lipinski definition) is 1. The summed E-state index contributed by atoms with van der Waals surface area (Å²) >= 11 is 0. The van der Waals surface area contributed by atoms with Crippen LogP contribution in [0.2, 0.25) is 0 Å². The Morgan fingerprint density at radius 1 is 1.12 bits per heavy atom. The Balaban J connectivity index is 1.68. The van der Waals surface area contributed by atoms with Gasteiger partial charge in [0.25, 0.3) is 0 Å². The Hall–Kier alpha value is -3.02. The number of carbonyl (C=O) groups is 1. The van der Waals surface area contributed by atoms with Gasteiger partial charge in [-0.1, -0.05) is 18.2 Å². The van der Waals surface area contributed by atoms with Crippen molar-refractivity contribution in [3.8, 4) is 11.5 Å². The topological polar surface area (TPSA) is 72.7 Å². The summed E-state index contributed by atoms with van der Waals surface area (Å²) in [7, 11) is 0. The lowest BCUT2D eigenvalue weighted by atomic mass is 10.1. The van der Waals surface area contributed by atoms with Crippen molar-refractivity contribution in [1.29, 1.82) is 0 Å². The van der Waals surface area contributed by atoms with Crippen LogP contribution in [-0.2, 0) is 6.42 Å². The molecule has 0 saturated heterocycles. The second-order valence-electron chi connectivity index (χ2n) is 6.44. The van der Waals surface area contributed by atoms with Gasteiger partial charge < -0.3 is 9.88 Å². The molecule has 0 fully saturated rings. The van der Waals surface area contributed by atoms with Gasteiger partial charge in [-0.3, -0.25) is 4.79 Å². The molecule has 0 unspecified atom stereocenters. The highest BCUT2D eigenvalue weighted by Crippen LogP contribution is 2.31. The Morgan fingerprint density at radius 3 is 2.80 bits per heavy atom. The highest BCUT2D eigenvalue weighted by atomic mass is 16.1. The maximum absolute atomic E-state index is 11.9. The molecule has 0 radical (unpaired) electrons. The van der Waals surface area contributed by atoms with E-state index in [1.165, 1.54) is 0 Å². The lowest BCUT2D eigenvalue weighted by molar-refractivity contribution is 0.0994. The van der Waals surface area contributed by atoms with Crippen LogP contribution in [0.15, 0.2) is 42.7 Å². The van der Waals surface area contributed by atoms with Crippen molar-refractivity contribution in [2.24, 2.45) is 0 Å². The fourth-order valence-corrected chi connectivity index (χ4v) is 3.18. The van der Waals surface area contributed by atoms with Gasteiger partial charge in [-0.05, 0) is 44.0 Å². The largest absolute Gasteiger partial charge is 0.340 e. The minimum Gasteiger partial charge on any atom is -0.340 e. The Morgan fingerprint density at radius 2 is 1.96 bits per heavy atom. The first-order chi connectivity index (χ1) is 12.1. The van der Waals surface area contributed by atoms with E-state index in [4.69, 9.17) is 0 Å². The summed E-state index contributed by atoms with van der Waals surface area (Å²) in [4.78, 5) is 16.6. The number of hydrogen-bond acceptors (Lipinski definition) is 5. The van der Waals surface area contributed by atoms with Crippen LogP contribution in [0.3, 0.4) is 0 Å². The van der Waals surface area contributed by atoms with Crippen molar-refractivity contribution in [3.63, 3.8) is 0 Å². The van der Waals surface area contributed by atoms with Gasteiger partial charge in [0.2, 0.25) is 0 Å². The first kappa shape index (κ1) is 15.5. The quantitative estimate of drug-likeness (QED) is 0.786. The third-order valence-electron chi connectivity index (χ3n) is 4.45. The summed E-state index contributed by atoms with van der Waals surface area (Å²) in [5, 5.41) is 11.6. The number of anilines is 2. The number of nitrogens with one attached hydrogen (secondary N) is 1. The fourth-order valence-electron chi connectivity index (χ4n) is 3.18. The molecular formula is C19H19N5O. The van der Waals surface area contributed by atoms with Crippen LogP contribution in [0.5, 0.6) is 0 Å². The molecule has 6 heteroatoms. The smallest absolute Gasteiger partial charge is 0.182 e. The molecule has 0 bridgehead atoms. The van der Waals surface area contributed by atoms with Gasteiger partial charge in [0.15, 0.2) is 11.6 Å². The van der Waals surface area contributed by atoms with E-state index in [1.54, 1.807) is 6.33 Å². The van der Waals surface area contributed by atoms with E-state index in [1.807, 2.05) is 41.0 Å². The van der Waals surface area contributed by atoms with Crippen LogP contribution in [0.25, 0.3) is 11.5 Å². The lowest BCUT2D eigenvalue weighted by Gasteiger charge is -2.12. The van der Waals surface area contributed by atoms with Crippen LogP contribution in [-0.4, -0.2) is 25.5 Å². The number of benzene rings is 1. The Bertz CT molecular complexity index is 944. The molecule has 126 valence electrons. The molecular weight excluding hydrogens is 314 g/mol. The maximum Gasteiger partial charge on any atom is 0.182 e. The van der Waals surface area contributed by atoms with Crippen LogP contribution in [0.4, 0.5) is 11.5 Å². The van der Waals surface area contributed by atoms with Crippen molar-refractivity contribution in [2.45, 2.75) is 32.7 Å². The van der Waals surface area contributed by atoms with Crippen LogP contribution >= 0.6 is 0 Å². The van der Waals surface area contributed by atoms with Gasteiger partial charge >= 0.3 is 0 Å². The molecule has 25 heavy (non-hydrogen) atoms. The van der Waals surface area contributed by atoms with Crippen molar-refractivity contribution < 1.29 is 4.79 Å². The number of aromatic nitrogens is 4. The Labute approximate surface area is 145 Å². The molecule has 0 amide bonds. The number of Topliss-reactive ketones (excluding diaryl/α,β-unsaturated/α-hetero) is 1. The molecule has 0 spiro atoms. The predicted molar refractivity (Wildman–Crippen MR) is 96.0 cm³/mol. The molecule has 1 aliphatic carbocycles. The number of fused-ring (bicyclic) bond motifs is 1. The zero-order valence-electron chi connectivity index (χ0n) is 14.2. The van der Waals surface area contributed by atoms with Crippen molar-refractivity contribution in [2.75, 3.05) is 5.32 Å². The molecule has 1 aromatic carbocycles. The molecule has 6 nitrogen and oxygen atoms in total. The molecule has 0 atom stereocenters. The van der Waals surface area contributed by atoms with E-state index < -0.39 is 0 Å². The van der Waals surface area contributed by atoms with Gasteiger partial charge in [-0.25, -0.2) is 4.98 Å². The molecule has 2 heterocycles. The monoisotopic (exact) mass is 333 g/mol. The first-order valence-electron chi connectivity index (χ1n) is 8.42. The van der Waals surface area contributed by atoms with E-state index >= 15 is 0 Å². The maximum atomic E-state index is 11.9. The van der Waals surface area contributed by atoms with E-state index in [2.05, 4.69) is 34.3 Å². The van der Waals surface area contributed by atoms with E-state index in [9.17, 15) is 4.79 Å². The number of carbonyl (C=O) groups excluding carboxylic acids is 1. The van der Waals surface area contributed by atoms with Crippen molar-refractivity contribution in [1.82, 2.24) is 19.7 Å². The molecule has 4 rings (SSSR count). The van der Waals surface area contributed by atoms with Gasteiger partial charge in [0.1, 0.15) is 17.8 Å². The SMILES string of the molecule is CC(C)n1cnnc1-c1cccc(Nc2cccc3c2CCC3=O)n1. The number of nitrogens with zero attached hydrogens (tertiary/aromatic N) is 4. The zero-order valence-corrected chi connectivity index (χ0v) is 14.2. The molecule has 0 aliphatic heterocycles. The number of pyridine rings is 1. The van der Waals surface area contributed by atoms with Crippen molar-refractivity contribution >= 4 is 17.3 Å². The van der Waals surface area contributed by atoms with E-state index in [-0.39, 0.29) is 11.8 Å². The summed E-state index contributed by atoms with van der Waals surface area (Å²) < 4.78 is 1.99. The predicted octanol–water partition coefficient (Wildman–Crippen LogP) is 3.79. The summed E-state index contributed by atoms with van der Waals surface area (Å²) in [6, 6.07) is 11.8. The average molecular weight is 333 g/mol. The van der Waals surface area contributed by atoms with Crippen LogP contribution in [0.1, 0.15) is 42.2 Å². The normalized spacial score (nSPS) is 13.3. The van der Waals surface area contributed by atoms with Crippen LogP contribution in [0, 0.1) is 0 Å². The Kier molecular flexibility index (Phi) is 3.80. The summed E-state index contributed by atoms with van der Waals surface area (Å²) in [5.41, 5.74) is 3.60. The third kappa shape index (κ3) is 2.80. The molecule has 2 aromatic heterocycles. The van der Waals surface area contributed by atoms with Gasteiger partial charge in [0.05, 0.1) is 0 Å². The zero-order chi connectivity index (χ0) is 17.4.